The van der Waals surface area contributed by atoms with E-state index in [0.29, 0.717) is 6.61 Å². The lowest BCUT2D eigenvalue weighted by molar-refractivity contribution is 0.0447. The molecule has 1 saturated carbocycles. The molecular formula is C12H25NO2. The molecule has 1 atom stereocenters. The van der Waals surface area contributed by atoms with E-state index in [2.05, 4.69) is 5.32 Å². The molecule has 0 aromatic heterocycles. The third kappa shape index (κ3) is 6.88. The molecule has 2 N–H and O–H groups in total. The van der Waals surface area contributed by atoms with Crippen molar-refractivity contribution in [1.29, 1.82) is 0 Å². The maximum Gasteiger partial charge on any atom is 0.0745 e. The highest BCUT2D eigenvalue weighted by atomic mass is 16.5. The Labute approximate surface area is 93.2 Å². The van der Waals surface area contributed by atoms with Crippen LogP contribution in [-0.4, -0.2) is 37.0 Å². The number of hydrogen-bond acceptors (Lipinski definition) is 3. The Kier molecular flexibility index (Phi) is 6.98. The van der Waals surface area contributed by atoms with Gasteiger partial charge in [-0.05, 0) is 39.2 Å². The van der Waals surface area contributed by atoms with Gasteiger partial charge in [0.15, 0.2) is 0 Å². The summed E-state index contributed by atoms with van der Waals surface area (Å²) in [5, 5.41) is 12.5. The normalized spacial score (nSPS) is 19.6. The van der Waals surface area contributed by atoms with Gasteiger partial charge in [0, 0.05) is 12.6 Å². The Morgan fingerprint density at radius 2 is 2.07 bits per heavy atom. The van der Waals surface area contributed by atoms with Crippen LogP contribution in [0.15, 0.2) is 0 Å². The molecule has 3 nitrogen and oxygen atoms in total. The third-order valence-electron chi connectivity index (χ3n) is 2.86. The Balaban J connectivity index is 1.76. The maximum atomic E-state index is 8.96. The maximum absolute atomic E-state index is 8.96. The van der Waals surface area contributed by atoms with Gasteiger partial charge in [-0.1, -0.05) is 12.8 Å². The van der Waals surface area contributed by atoms with Gasteiger partial charge in [-0.2, -0.15) is 0 Å². The summed E-state index contributed by atoms with van der Waals surface area (Å²) in [6.07, 6.45) is 7.45. The highest BCUT2D eigenvalue weighted by Gasteiger charge is 2.12. The fourth-order valence-electron chi connectivity index (χ4n) is 2.02. The summed E-state index contributed by atoms with van der Waals surface area (Å²) in [7, 11) is 0. The molecule has 1 unspecified atom stereocenters. The van der Waals surface area contributed by atoms with Gasteiger partial charge in [0.1, 0.15) is 0 Å². The quantitative estimate of drug-likeness (QED) is 0.606. The summed E-state index contributed by atoms with van der Waals surface area (Å²) >= 11 is 0. The molecule has 0 aromatic rings. The first-order valence-corrected chi connectivity index (χ1v) is 6.28. The molecule has 0 saturated heterocycles. The first kappa shape index (κ1) is 12.9. The van der Waals surface area contributed by atoms with Crippen LogP contribution in [0.1, 0.15) is 45.4 Å². The second-order valence-corrected chi connectivity index (χ2v) is 4.57. The van der Waals surface area contributed by atoms with Crippen molar-refractivity contribution < 1.29 is 9.84 Å². The molecule has 0 spiro atoms. The van der Waals surface area contributed by atoms with E-state index in [0.717, 1.165) is 25.6 Å². The van der Waals surface area contributed by atoms with Gasteiger partial charge in [0.05, 0.1) is 12.7 Å². The molecule has 1 fully saturated rings. The van der Waals surface area contributed by atoms with E-state index >= 15 is 0 Å². The molecule has 0 aromatic carbocycles. The number of ether oxygens (including phenoxy) is 1. The topological polar surface area (TPSA) is 41.5 Å². The molecule has 90 valence electrons. The monoisotopic (exact) mass is 215 g/mol. The smallest absolute Gasteiger partial charge is 0.0745 e. The first-order chi connectivity index (χ1) is 7.29. The lowest BCUT2D eigenvalue weighted by atomic mass is 10.2. The van der Waals surface area contributed by atoms with E-state index in [-0.39, 0.29) is 6.10 Å². The lowest BCUT2D eigenvalue weighted by Gasteiger charge is -2.11. The first-order valence-electron chi connectivity index (χ1n) is 6.28. The van der Waals surface area contributed by atoms with Gasteiger partial charge in [0.2, 0.25) is 0 Å². The summed E-state index contributed by atoms with van der Waals surface area (Å²) in [6.45, 7) is 4.11. The van der Waals surface area contributed by atoms with Crippen LogP contribution in [0.25, 0.3) is 0 Å². The number of nitrogens with one attached hydrogen (secondary N) is 1. The van der Waals surface area contributed by atoms with Crippen molar-refractivity contribution in [3.8, 4) is 0 Å². The van der Waals surface area contributed by atoms with Gasteiger partial charge in [-0.15, -0.1) is 0 Å². The van der Waals surface area contributed by atoms with Crippen LogP contribution in [-0.2, 0) is 4.74 Å². The second-order valence-electron chi connectivity index (χ2n) is 4.57. The molecule has 0 amide bonds. The van der Waals surface area contributed by atoms with Gasteiger partial charge in [-0.25, -0.2) is 0 Å². The average Bonchev–Trinajstić information content (AvgIpc) is 2.68. The van der Waals surface area contributed by atoms with E-state index in [1.54, 1.807) is 6.92 Å². The van der Waals surface area contributed by atoms with Gasteiger partial charge >= 0.3 is 0 Å². The van der Waals surface area contributed by atoms with E-state index in [4.69, 9.17) is 9.84 Å². The SMILES string of the molecule is CC(O)COCCCCNC1CCCC1. The highest BCUT2D eigenvalue weighted by molar-refractivity contribution is 4.73. The Morgan fingerprint density at radius 3 is 2.73 bits per heavy atom. The van der Waals surface area contributed by atoms with Crippen molar-refractivity contribution in [2.75, 3.05) is 19.8 Å². The van der Waals surface area contributed by atoms with Crippen molar-refractivity contribution in [1.82, 2.24) is 5.32 Å². The van der Waals surface area contributed by atoms with Crippen molar-refractivity contribution in [3.05, 3.63) is 0 Å². The molecule has 0 aliphatic heterocycles. The summed E-state index contributed by atoms with van der Waals surface area (Å²) in [5.41, 5.74) is 0. The minimum Gasteiger partial charge on any atom is -0.391 e. The van der Waals surface area contributed by atoms with Crippen LogP contribution in [0.5, 0.6) is 0 Å². The predicted octanol–water partition coefficient (Wildman–Crippen LogP) is 1.70. The minimum atomic E-state index is -0.332. The largest absolute Gasteiger partial charge is 0.391 e. The Morgan fingerprint density at radius 1 is 1.33 bits per heavy atom. The Hall–Kier alpha value is -0.120. The second kappa shape index (κ2) is 8.08. The highest BCUT2D eigenvalue weighted by Crippen LogP contribution is 2.17. The fraction of sp³-hybridized carbons (Fsp3) is 1.00. The lowest BCUT2D eigenvalue weighted by Crippen LogP contribution is -2.27. The van der Waals surface area contributed by atoms with Crippen molar-refractivity contribution >= 4 is 0 Å². The van der Waals surface area contributed by atoms with Crippen LogP contribution in [0.2, 0.25) is 0 Å². The van der Waals surface area contributed by atoms with Crippen LogP contribution < -0.4 is 5.32 Å². The zero-order valence-electron chi connectivity index (χ0n) is 9.87. The minimum absolute atomic E-state index is 0.332. The van der Waals surface area contributed by atoms with E-state index in [1.165, 1.54) is 32.1 Å². The third-order valence-corrected chi connectivity index (χ3v) is 2.86. The molecule has 0 radical (unpaired) electrons. The molecule has 15 heavy (non-hydrogen) atoms. The van der Waals surface area contributed by atoms with Crippen LogP contribution >= 0.6 is 0 Å². The number of rotatable bonds is 8. The number of unbranched alkanes of at least 4 members (excludes halogenated alkanes) is 1. The molecule has 3 heteroatoms. The predicted molar refractivity (Wildman–Crippen MR) is 62.0 cm³/mol. The number of aliphatic hydroxyl groups is 1. The van der Waals surface area contributed by atoms with E-state index in [1.807, 2.05) is 0 Å². The van der Waals surface area contributed by atoms with Gasteiger partial charge < -0.3 is 15.2 Å². The molecule has 0 heterocycles. The van der Waals surface area contributed by atoms with Gasteiger partial charge in [0.25, 0.3) is 0 Å². The average molecular weight is 215 g/mol. The molecule has 1 aliphatic rings. The summed E-state index contributed by atoms with van der Waals surface area (Å²) in [6, 6.07) is 0.781. The molecular weight excluding hydrogens is 190 g/mol. The van der Waals surface area contributed by atoms with Crippen molar-refractivity contribution in [2.45, 2.75) is 57.6 Å². The molecule has 1 rings (SSSR count). The van der Waals surface area contributed by atoms with E-state index < -0.39 is 0 Å². The standard InChI is InChI=1S/C12H25NO2/c1-11(14)10-15-9-5-4-8-13-12-6-2-3-7-12/h11-14H,2-10H2,1H3. The summed E-state index contributed by atoms with van der Waals surface area (Å²) in [5.74, 6) is 0. The zero-order chi connectivity index (χ0) is 10.9. The van der Waals surface area contributed by atoms with Crippen LogP contribution in [0.4, 0.5) is 0 Å². The zero-order valence-corrected chi connectivity index (χ0v) is 9.87. The Bertz CT molecular complexity index is 145. The fourth-order valence-corrected chi connectivity index (χ4v) is 2.02. The van der Waals surface area contributed by atoms with Crippen molar-refractivity contribution in [3.63, 3.8) is 0 Å². The number of hydrogen-bond donors (Lipinski definition) is 2. The van der Waals surface area contributed by atoms with Crippen molar-refractivity contribution in [2.24, 2.45) is 0 Å². The molecule has 0 bridgehead atoms. The van der Waals surface area contributed by atoms with Gasteiger partial charge in [-0.3, -0.25) is 0 Å². The number of aliphatic hydroxyl groups excluding tert-OH is 1. The summed E-state index contributed by atoms with van der Waals surface area (Å²) < 4.78 is 5.29. The van der Waals surface area contributed by atoms with Crippen LogP contribution in [0.3, 0.4) is 0 Å². The molecule has 1 aliphatic carbocycles. The van der Waals surface area contributed by atoms with Crippen LogP contribution in [0, 0.1) is 0 Å². The van der Waals surface area contributed by atoms with E-state index in [9.17, 15) is 0 Å². The summed E-state index contributed by atoms with van der Waals surface area (Å²) in [4.78, 5) is 0.